The molecule has 1 aromatic rings. The Bertz CT molecular complexity index is 679. The standard InChI is InChI=1S/C19H26N2O4S/c1-12-5-4-6-14(9-12)17(22)20-16(7-8-26-3)18(23)21-10-13(2)15(11-21)19(24)25/h4-6,9,13,15-16H,7-8,10-11H2,1-3H3,(H,20,22)(H,24,25)/t13-,15-,16?/m1/s1. The van der Waals surface area contributed by atoms with Crippen LogP contribution < -0.4 is 5.32 Å². The molecule has 0 radical (unpaired) electrons. The molecule has 7 heteroatoms. The van der Waals surface area contributed by atoms with E-state index in [-0.39, 0.29) is 24.3 Å². The summed E-state index contributed by atoms with van der Waals surface area (Å²) in [5, 5.41) is 12.1. The Morgan fingerprint density at radius 2 is 2.08 bits per heavy atom. The molecule has 6 nitrogen and oxygen atoms in total. The number of amides is 2. The fraction of sp³-hybridized carbons (Fsp3) is 0.526. The molecule has 1 fully saturated rings. The SMILES string of the molecule is CSCCC(NC(=O)c1cccc(C)c1)C(=O)N1C[C@@H](C)[C@H](C(=O)O)C1. The number of nitrogens with zero attached hydrogens (tertiary/aromatic N) is 1. The fourth-order valence-corrected chi connectivity index (χ4v) is 3.68. The van der Waals surface area contributed by atoms with Crippen molar-refractivity contribution >= 4 is 29.5 Å². The number of hydrogen-bond acceptors (Lipinski definition) is 4. The molecule has 1 saturated heterocycles. The van der Waals surface area contributed by atoms with Crippen molar-refractivity contribution in [2.45, 2.75) is 26.3 Å². The maximum Gasteiger partial charge on any atom is 0.308 e. The van der Waals surface area contributed by atoms with Crippen molar-refractivity contribution in [3.8, 4) is 0 Å². The number of aryl methyl sites for hydroxylation is 1. The lowest BCUT2D eigenvalue weighted by molar-refractivity contribution is -0.142. The molecule has 3 atom stereocenters. The number of rotatable bonds is 7. The van der Waals surface area contributed by atoms with Crippen LogP contribution in [0.2, 0.25) is 0 Å². The zero-order valence-corrected chi connectivity index (χ0v) is 16.2. The van der Waals surface area contributed by atoms with Crippen LogP contribution in [-0.4, -0.2) is 58.9 Å². The van der Waals surface area contributed by atoms with Crippen molar-refractivity contribution in [2.24, 2.45) is 11.8 Å². The van der Waals surface area contributed by atoms with Gasteiger partial charge in [0.2, 0.25) is 5.91 Å². The number of hydrogen-bond donors (Lipinski definition) is 2. The second kappa shape index (κ2) is 9.07. The fourth-order valence-electron chi connectivity index (χ4n) is 3.21. The highest BCUT2D eigenvalue weighted by Gasteiger charge is 2.39. The molecule has 2 N–H and O–H groups in total. The number of carboxylic acids is 1. The van der Waals surface area contributed by atoms with Crippen LogP contribution in [-0.2, 0) is 9.59 Å². The number of carbonyl (C=O) groups excluding carboxylic acids is 2. The molecule has 0 spiro atoms. The molecule has 0 bridgehead atoms. The number of likely N-dealkylation sites (tertiary alicyclic amines) is 1. The van der Waals surface area contributed by atoms with E-state index in [4.69, 9.17) is 0 Å². The number of thioether (sulfide) groups is 1. The van der Waals surface area contributed by atoms with Crippen molar-refractivity contribution in [3.63, 3.8) is 0 Å². The average molecular weight is 378 g/mol. The van der Waals surface area contributed by atoms with Crippen molar-refractivity contribution < 1.29 is 19.5 Å². The maximum absolute atomic E-state index is 12.9. The molecule has 1 heterocycles. The Morgan fingerprint density at radius 1 is 1.35 bits per heavy atom. The van der Waals surface area contributed by atoms with Crippen LogP contribution in [0, 0.1) is 18.8 Å². The third-order valence-electron chi connectivity index (χ3n) is 4.74. The van der Waals surface area contributed by atoms with Crippen LogP contribution in [0.3, 0.4) is 0 Å². The summed E-state index contributed by atoms with van der Waals surface area (Å²) in [6, 6.07) is 6.57. The summed E-state index contributed by atoms with van der Waals surface area (Å²) in [5.74, 6) is -1.27. The summed E-state index contributed by atoms with van der Waals surface area (Å²) in [7, 11) is 0. The minimum Gasteiger partial charge on any atom is -0.481 e. The third-order valence-corrected chi connectivity index (χ3v) is 5.38. The molecule has 1 aromatic carbocycles. The van der Waals surface area contributed by atoms with E-state index in [9.17, 15) is 19.5 Å². The third kappa shape index (κ3) is 5.00. The minimum atomic E-state index is -0.878. The molecule has 26 heavy (non-hydrogen) atoms. The van der Waals surface area contributed by atoms with E-state index in [0.717, 1.165) is 11.3 Å². The number of aliphatic carboxylic acids is 1. The quantitative estimate of drug-likeness (QED) is 0.758. The number of benzene rings is 1. The van der Waals surface area contributed by atoms with Gasteiger partial charge in [-0.25, -0.2) is 0 Å². The Kier molecular flexibility index (Phi) is 7.08. The molecule has 2 amide bonds. The Labute approximate surface area is 158 Å². The Hall–Kier alpha value is -2.02. The van der Waals surface area contributed by atoms with Gasteiger partial charge in [-0.15, -0.1) is 0 Å². The van der Waals surface area contributed by atoms with E-state index < -0.39 is 17.9 Å². The smallest absolute Gasteiger partial charge is 0.308 e. The summed E-state index contributed by atoms with van der Waals surface area (Å²) < 4.78 is 0. The zero-order chi connectivity index (χ0) is 19.3. The van der Waals surface area contributed by atoms with E-state index in [1.807, 2.05) is 32.2 Å². The van der Waals surface area contributed by atoms with Gasteiger partial charge in [0.05, 0.1) is 5.92 Å². The predicted octanol–water partition coefficient (Wildman–Crippen LogP) is 2.03. The largest absolute Gasteiger partial charge is 0.481 e. The van der Waals surface area contributed by atoms with Gasteiger partial charge in [0.1, 0.15) is 6.04 Å². The van der Waals surface area contributed by atoms with Gasteiger partial charge in [-0.2, -0.15) is 11.8 Å². The van der Waals surface area contributed by atoms with Crippen LogP contribution >= 0.6 is 11.8 Å². The average Bonchev–Trinajstić information content (AvgIpc) is 2.99. The molecule has 1 aliphatic heterocycles. The molecular formula is C19H26N2O4S. The first-order chi connectivity index (χ1) is 12.3. The normalized spacial score (nSPS) is 20.7. The highest BCUT2D eigenvalue weighted by molar-refractivity contribution is 7.98. The summed E-state index contributed by atoms with van der Waals surface area (Å²) in [4.78, 5) is 38.3. The molecule has 2 rings (SSSR count). The van der Waals surface area contributed by atoms with Crippen LogP contribution in [0.25, 0.3) is 0 Å². The second-order valence-electron chi connectivity index (χ2n) is 6.84. The Balaban J connectivity index is 2.10. The molecule has 142 valence electrons. The van der Waals surface area contributed by atoms with Crippen LogP contribution in [0.1, 0.15) is 29.3 Å². The second-order valence-corrected chi connectivity index (χ2v) is 7.83. The summed E-state index contributed by atoms with van der Waals surface area (Å²) in [6.45, 7) is 4.36. The van der Waals surface area contributed by atoms with E-state index in [1.54, 1.807) is 28.8 Å². The molecule has 0 aliphatic carbocycles. The molecule has 0 saturated carbocycles. The van der Waals surface area contributed by atoms with Crippen molar-refractivity contribution in [2.75, 3.05) is 25.1 Å². The highest BCUT2D eigenvalue weighted by atomic mass is 32.2. The summed E-state index contributed by atoms with van der Waals surface area (Å²) >= 11 is 1.61. The lowest BCUT2D eigenvalue weighted by atomic mass is 9.99. The van der Waals surface area contributed by atoms with Gasteiger partial charge in [-0.3, -0.25) is 14.4 Å². The topological polar surface area (TPSA) is 86.7 Å². The van der Waals surface area contributed by atoms with E-state index in [1.165, 1.54) is 0 Å². The molecular weight excluding hydrogens is 352 g/mol. The number of nitrogens with one attached hydrogen (secondary N) is 1. The highest BCUT2D eigenvalue weighted by Crippen LogP contribution is 2.24. The van der Waals surface area contributed by atoms with E-state index in [2.05, 4.69) is 5.32 Å². The van der Waals surface area contributed by atoms with Gasteiger partial charge in [0, 0.05) is 18.7 Å². The first-order valence-electron chi connectivity index (χ1n) is 8.71. The van der Waals surface area contributed by atoms with E-state index >= 15 is 0 Å². The summed E-state index contributed by atoms with van der Waals surface area (Å²) in [5.41, 5.74) is 1.49. The van der Waals surface area contributed by atoms with E-state index in [0.29, 0.717) is 18.5 Å². The van der Waals surface area contributed by atoms with Crippen molar-refractivity contribution in [1.82, 2.24) is 10.2 Å². The van der Waals surface area contributed by atoms with Crippen molar-refractivity contribution in [3.05, 3.63) is 35.4 Å². The first kappa shape index (κ1) is 20.3. The van der Waals surface area contributed by atoms with Gasteiger partial charge in [-0.05, 0) is 43.4 Å². The van der Waals surface area contributed by atoms with Crippen LogP contribution in [0.4, 0.5) is 0 Å². The van der Waals surface area contributed by atoms with Gasteiger partial charge in [0.15, 0.2) is 0 Å². The van der Waals surface area contributed by atoms with Crippen LogP contribution in [0.5, 0.6) is 0 Å². The van der Waals surface area contributed by atoms with Crippen LogP contribution in [0.15, 0.2) is 24.3 Å². The zero-order valence-electron chi connectivity index (χ0n) is 15.4. The van der Waals surface area contributed by atoms with Gasteiger partial charge in [0.25, 0.3) is 5.91 Å². The molecule has 1 aliphatic rings. The predicted molar refractivity (Wildman–Crippen MR) is 102 cm³/mol. The van der Waals surface area contributed by atoms with Crippen molar-refractivity contribution in [1.29, 1.82) is 0 Å². The molecule has 1 unspecified atom stereocenters. The molecule has 0 aromatic heterocycles. The Morgan fingerprint density at radius 3 is 2.65 bits per heavy atom. The van der Waals surface area contributed by atoms with Gasteiger partial charge >= 0.3 is 5.97 Å². The lowest BCUT2D eigenvalue weighted by Gasteiger charge is -2.24. The first-order valence-corrected chi connectivity index (χ1v) is 10.1. The number of carboxylic acid groups (broad SMARTS) is 1. The maximum atomic E-state index is 12.9. The number of carbonyl (C=O) groups is 3. The van der Waals surface area contributed by atoms with Gasteiger partial charge in [-0.1, -0.05) is 24.6 Å². The lowest BCUT2D eigenvalue weighted by Crippen LogP contribution is -2.48. The minimum absolute atomic E-state index is 0.0925. The summed E-state index contributed by atoms with van der Waals surface area (Å²) in [6.07, 6.45) is 2.46. The monoisotopic (exact) mass is 378 g/mol. The van der Waals surface area contributed by atoms with Gasteiger partial charge < -0.3 is 15.3 Å².